The molecule has 18 nitrogen and oxygen atoms in total. The average Bonchev–Trinajstić information content (AvgIpc) is 1.79. The molecule has 0 bridgehead atoms. The molecule has 5 rings (SSSR count). The molecule has 4 fully saturated rings. The van der Waals surface area contributed by atoms with Crippen LogP contribution in [0.25, 0.3) is 0 Å². The van der Waals surface area contributed by atoms with Gasteiger partial charge in [-0.15, -0.1) is 36.0 Å². The number of carbonyl (C=O) groups excluding carboxylic acids is 1. The Bertz CT molecular complexity index is 2640. The van der Waals surface area contributed by atoms with Gasteiger partial charge in [-0.05, 0) is 139 Å². The summed E-state index contributed by atoms with van der Waals surface area (Å²) in [6, 6.07) is 0. The van der Waals surface area contributed by atoms with Crippen LogP contribution in [0.3, 0.4) is 0 Å². The molecule has 5 aliphatic heterocycles. The van der Waals surface area contributed by atoms with Crippen molar-refractivity contribution in [2.75, 3.05) is 69.5 Å². The summed E-state index contributed by atoms with van der Waals surface area (Å²) in [6.07, 6.45) is 43.8. The molecule has 0 N–H and O–H groups in total. The number of carbonyl (C=O) groups is 1. The molecule has 4 saturated heterocycles. The molecule has 0 aromatic heterocycles. The lowest BCUT2D eigenvalue weighted by Gasteiger charge is -2.39. The maximum absolute atomic E-state index is 12.2. The fraction of sp³-hybridized carbons (Fsp3) is 0.875. The van der Waals surface area contributed by atoms with E-state index in [-0.39, 0.29) is 135 Å². The zero-order valence-corrected chi connectivity index (χ0v) is 73.2. The summed E-state index contributed by atoms with van der Waals surface area (Å²) in [7, 11) is 4.27. The number of esters is 1. The number of ether oxygens (including phenoxy) is 15. The minimum atomic E-state index is -2.05. The molecule has 16 atom stereocenters. The highest BCUT2D eigenvalue weighted by molar-refractivity contribution is 6.74. The van der Waals surface area contributed by atoms with Crippen LogP contribution in [-0.4, -0.2) is 190 Å². The summed E-state index contributed by atoms with van der Waals surface area (Å²) < 4.78 is 102. The minimum absolute atomic E-state index is 0.00180. The van der Waals surface area contributed by atoms with E-state index in [1.807, 2.05) is 13.0 Å². The van der Waals surface area contributed by atoms with Crippen molar-refractivity contribution in [3.8, 4) is 47.9 Å². The molecule has 5 heterocycles. The lowest BCUT2D eigenvalue weighted by molar-refractivity contribution is -0.150. The summed E-state index contributed by atoms with van der Waals surface area (Å²) in [6.45, 7) is 30.2. The fourth-order valence-corrected chi connectivity index (χ4v) is 17.1. The average molecular weight is 1560 g/mol. The predicted octanol–water partition coefficient (Wildman–Crippen LogP) is 19.4. The minimum Gasteiger partial charge on any atom is -0.455 e. The van der Waals surface area contributed by atoms with E-state index in [0.29, 0.717) is 44.5 Å². The molecule has 0 aromatic rings. The number of terminal acetylenes is 1. The Kier molecular flexibility index (Phi) is 50.3. The van der Waals surface area contributed by atoms with Gasteiger partial charge in [0.05, 0.1) is 67.1 Å². The SMILES string of the molecule is C#CCCC(CCC#CC(OCOC)[C@H]1CC[C@H]([C@H]2CC[C@H]([C@@H](CCCCCCCCCC)OCOC)O2)O1)O[Si](C)(C)C(C)(C)C.CCCCCCCCCC[C@@H](OCOC)[C@H]1CC[C@H]([C@H]2CC[C@H](C(C#CCCC(CCC#CCC(CC3=C[C@H](C)OC3=O)OCOC)O[Si](C)(C)C(C)(C)C)OCOC)O2)O1. The van der Waals surface area contributed by atoms with Crippen molar-refractivity contribution in [2.45, 2.75) is 427 Å². The van der Waals surface area contributed by atoms with Crippen molar-refractivity contribution in [3.05, 3.63) is 11.6 Å². The van der Waals surface area contributed by atoms with Crippen LogP contribution < -0.4 is 0 Å². The van der Waals surface area contributed by atoms with Gasteiger partial charge >= 0.3 is 5.97 Å². The van der Waals surface area contributed by atoms with E-state index in [4.69, 9.17) is 86.3 Å². The molecule has 0 spiro atoms. The van der Waals surface area contributed by atoms with Crippen molar-refractivity contribution in [3.63, 3.8) is 0 Å². The Morgan fingerprint density at radius 1 is 0.444 bits per heavy atom. The summed E-state index contributed by atoms with van der Waals surface area (Å²) in [5.41, 5.74) is 0.631. The highest BCUT2D eigenvalue weighted by atomic mass is 28.4. The first-order chi connectivity index (χ1) is 51.9. The van der Waals surface area contributed by atoms with Crippen molar-refractivity contribution >= 4 is 22.6 Å². The van der Waals surface area contributed by atoms with Gasteiger partial charge in [-0.3, -0.25) is 0 Å². The van der Waals surface area contributed by atoms with Crippen LogP contribution in [0.1, 0.15) is 293 Å². The van der Waals surface area contributed by atoms with Crippen LogP contribution in [0.2, 0.25) is 36.3 Å². The molecule has 5 aliphatic rings. The predicted molar refractivity (Wildman–Crippen MR) is 436 cm³/mol. The topological polar surface area (TPSA) is 174 Å². The molecular weight excluding hydrogens is 1400 g/mol. The second-order valence-electron chi connectivity index (χ2n) is 33.7. The van der Waals surface area contributed by atoms with Gasteiger partial charge in [0, 0.05) is 91.9 Å². The van der Waals surface area contributed by atoms with Crippen LogP contribution in [0.15, 0.2) is 11.6 Å². The first-order valence-corrected chi connectivity index (χ1v) is 48.0. The first kappa shape index (κ1) is 97.6. The maximum Gasteiger partial charge on any atom is 0.334 e. The zero-order valence-electron chi connectivity index (χ0n) is 71.2. The van der Waals surface area contributed by atoms with Gasteiger partial charge in [-0.1, -0.05) is 170 Å². The van der Waals surface area contributed by atoms with Crippen LogP contribution in [0, 0.1) is 47.9 Å². The van der Waals surface area contributed by atoms with Gasteiger partial charge < -0.3 is 79.9 Å². The van der Waals surface area contributed by atoms with Gasteiger partial charge in [0.15, 0.2) is 16.6 Å². The quantitative estimate of drug-likeness (QED) is 0.0185. The van der Waals surface area contributed by atoms with Crippen LogP contribution >= 0.6 is 0 Å². The molecule has 20 heteroatoms. The van der Waals surface area contributed by atoms with E-state index in [1.165, 1.54) is 96.3 Å². The molecular formula is C88H154O18Si2. The molecule has 108 heavy (non-hydrogen) atoms. The molecule has 0 aliphatic carbocycles. The normalized spacial score (nSPS) is 23.7. The number of unbranched alkanes of at least 4 members (excludes halogenated alkanes) is 14. The molecule has 0 amide bonds. The fourth-order valence-electron chi connectivity index (χ4n) is 14.3. The third kappa shape index (κ3) is 38.6. The first-order valence-electron chi connectivity index (χ1n) is 42.1. The van der Waals surface area contributed by atoms with Crippen molar-refractivity contribution in [1.29, 1.82) is 0 Å². The molecule has 5 unspecified atom stereocenters. The van der Waals surface area contributed by atoms with Gasteiger partial charge in [-0.2, -0.15) is 0 Å². The van der Waals surface area contributed by atoms with Crippen LogP contribution in [0.5, 0.6) is 0 Å². The van der Waals surface area contributed by atoms with Gasteiger partial charge in [0.25, 0.3) is 0 Å². The smallest absolute Gasteiger partial charge is 0.334 e. The largest absolute Gasteiger partial charge is 0.455 e. The lowest BCUT2D eigenvalue weighted by atomic mass is 10.0. The maximum atomic E-state index is 12.2. The third-order valence-electron chi connectivity index (χ3n) is 22.6. The Balaban J connectivity index is 0.000000472. The van der Waals surface area contributed by atoms with E-state index < -0.39 is 22.7 Å². The van der Waals surface area contributed by atoms with Gasteiger partial charge in [0.1, 0.15) is 52.3 Å². The Morgan fingerprint density at radius 3 is 1.17 bits per heavy atom. The van der Waals surface area contributed by atoms with Gasteiger partial charge in [0.2, 0.25) is 0 Å². The van der Waals surface area contributed by atoms with E-state index in [1.54, 1.807) is 35.5 Å². The standard InChI is InChI=1S/C49H84O11Si.C39H70O7Si/c1-11-12-13-14-15-16-17-21-27-42(55-36-52-7)44-29-31-46(58-44)47-32-30-45(59-47)43(56-37-53-8)28-23-22-25-40(60-61(9,10)49(3,4)5)24-19-18-20-26-41(54-35-51-6)34-39-33-38(2)57-48(39)50;1-10-12-14-15-16-17-18-19-24-33(42-30-40-6)35-26-28-37(44-35)38-29-27-36(45-38)34(43-31-41-7)25-21-20-23-32(22-13-11-2)46-47(8,9)39(3,4)5/h33,38,40-47H,11-17,19,21-22,24-27,29-32,34-37H2,1-10H3;2,32-38H,10,12-20,22-24,26-31H2,1,3-9H3/t38-,40?,41?,42+,43?,44+,45+,46+,47+;32?,33-,34?,35-,36-,37-,38-/m01/s1. The number of cyclic esters (lactones) is 1. The molecule has 0 saturated carbocycles. The highest BCUT2D eigenvalue weighted by Gasteiger charge is 2.45. The summed E-state index contributed by atoms with van der Waals surface area (Å²) in [5, 5.41) is 0.225. The second-order valence-corrected chi connectivity index (χ2v) is 43.2. The van der Waals surface area contributed by atoms with Crippen LogP contribution in [-0.2, 0) is 84.7 Å². The number of methoxy groups -OCH3 is 5. The van der Waals surface area contributed by atoms with E-state index in [9.17, 15) is 4.79 Å². The number of rotatable bonds is 54. The molecule has 622 valence electrons. The number of hydrogen-bond acceptors (Lipinski definition) is 18. The van der Waals surface area contributed by atoms with Crippen molar-refractivity contribution in [1.82, 2.24) is 0 Å². The molecule has 0 aromatic carbocycles. The van der Waals surface area contributed by atoms with E-state index >= 15 is 0 Å². The summed E-state index contributed by atoms with van der Waals surface area (Å²) >= 11 is 0. The molecule has 0 radical (unpaired) electrons. The zero-order chi connectivity index (χ0) is 79.1. The second kappa shape index (κ2) is 55.7. The highest BCUT2D eigenvalue weighted by Crippen LogP contribution is 2.41. The summed E-state index contributed by atoms with van der Waals surface area (Å²) in [5.74, 6) is 22.7. The number of hydrogen-bond donors (Lipinski definition) is 0. The third-order valence-corrected chi connectivity index (χ3v) is 31.7. The summed E-state index contributed by atoms with van der Waals surface area (Å²) in [4.78, 5) is 12.2. The van der Waals surface area contributed by atoms with Gasteiger partial charge in [-0.25, -0.2) is 4.79 Å². The van der Waals surface area contributed by atoms with E-state index in [2.05, 4.69) is 123 Å². The van der Waals surface area contributed by atoms with Crippen LogP contribution in [0.4, 0.5) is 0 Å². The van der Waals surface area contributed by atoms with E-state index in [0.717, 1.165) is 103 Å². The van der Waals surface area contributed by atoms with Crippen molar-refractivity contribution < 1.29 is 84.7 Å². The van der Waals surface area contributed by atoms with Crippen molar-refractivity contribution in [2.24, 2.45) is 0 Å². The Hall–Kier alpha value is -2.76. The lowest BCUT2D eigenvalue weighted by Crippen LogP contribution is -2.43. The Morgan fingerprint density at radius 2 is 0.796 bits per heavy atom. The monoisotopic (exact) mass is 1560 g/mol. The Labute approximate surface area is 660 Å².